The van der Waals surface area contributed by atoms with Crippen molar-refractivity contribution < 1.29 is 9.53 Å². The molecule has 0 aliphatic heterocycles. The normalized spacial score (nSPS) is 21.1. The highest BCUT2D eigenvalue weighted by atomic mass is 16.5. The van der Waals surface area contributed by atoms with Gasteiger partial charge in [0.1, 0.15) is 0 Å². The van der Waals surface area contributed by atoms with Gasteiger partial charge in [0.2, 0.25) is 5.91 Å². The number of amides is 1. The monoisotopic (exact) mass is 318 g/mol. The number of methoxy groups -OCH3 is 1. The maximum absolute atomic E-state index is 12.0. The number of carbonyl (C=O) groups excluding carboxylic acids is 1. The van der Waals surface area contributed by atoms with E-state index in [1.807, 2.05) is 0 Å². The Bertz CT molecular complexity index is 442. The summed E-state index contributed by atoms with van der Waals surface area (Å²) in [6.07, 6.45) is 5.43. The lowest BCUT2D eigenvalue weighted by Crippen LogP contribution is -2.34. The fraction of sp³-hybridized carbons (Fsp3) is 0.632. The molecule has 0 bridgehead atoms. The molecular formula is C19H30N2O2. The van der Waals surface area contributed by atoms with Crippen molar-refractivity contribution in [1.82, 2.24) is 10.6 Å². The molecule has 1 aromatic rings. The van der Waals surface area contributed by atoms with Crippen molar-refractivity contribution in [3.63, 3.8) is 0 Å². The number of benzene rings is 1. The lowest BCUT2D eigenvalue weighted by Gasteiger charge is -2.28. The zero-order valence-corrected chi connectivity index (χ0v) is 14.2. The van der Waals surface area contributed by atoms with Crippen LogP contribution in [0.2, 0.25) is 0 Å². The van der Waals surface area contributed by atoms with Crippen LogP contribution in [0.15, 0.2) is 30.3 Å². The van der Waals surface area contributed by atoms with Crippen LogP contribution in [0.25, 0.3) is 0 Å². The maximum Gasteiger partial charge on any atom is 0.220 e. The van der Waals surface area contributed by atoms with E-state index in [4.69, 9.17) is 4.74 Å². The number of ether oxygens (including phenoxy) is 1. The number of carbonyl (C=O) groups is 1. The van der Waals surface area contributed by atoms with Gasteiger partial charge in [0.25, 0.3) is 0 Å². The minimum atomic E-state index is 0.196. The van der Waals surface area contributed by atoms with Gasteiger partial charge in [-0.15, -0.1) is 0 Å². The minimum Gasteiger partial charge on any atom is -0.383 e. The van der Waals surface area contributed by atoms with Crippen LogP contribution >= 0.6 is 0 Å². The summed E-state index contributed by atoms with van der Waals surface area (Å²) in [4.78, 5) is 12.0. The summed E-state index contributed by atoms with van der Waals surface area (Å²) in [5, 5.41) is 6.24. The second-order valence-electron chi connectivity index (χ2n) is 6.43. The van der Waals surface area contributed by atoms with Gasteiger partial charge in [0, 0.05) is 33.2 Å². The van der Waals surface area contributed by atoms with Crippen LogP contribution in [0.4, 0.5) is 0 Å². The molecule has 0 aromatic heterocycles. The Morgan fingerprint density at radius 3 is 2.52 bits per heavy atom. The van der Waals surface area contributed by atoms with Crippen LogP contribution in [0.3, 0.4) is 0 Å². The molecule has 1 fully saturated rings. The van der Waals surface area contributed by atoms with Crippen molar-refractivity contribution >= 4 is 5.91 Å². The molecule has 0 spiro atoms. The van der Waals surface area contributed by atoms with Crippen molar-refractivity contribution in [3.8, 4) is 0 Å². The summed E-state index contributed by atoms with van der Waals surface area (Å²) in [7, 11) is 1.69. The van der Waals surface area contributed by atoms with Gasteiger partial charge in [0.15, 0.2) is 0 Å². The second kappa shape index (κ2) is 10.4. The van der Waals surface area contributed by atoms with E-state index in [0.29, 0.717) is 31.4 Å². The molecule has 0 unspecified atom stereocenters. The Hall–Kier alpha value is -1.39. The molecule has 2 N–H and O–H groups in total. The molecule has 1 aromatic carbocycles. The van der Waals surface area contributed by atoms with Crippen LogP contribution in [0.5, 0.6) is 0 Å². The summed E-state index contributed by atoms with van der Waals surface area (Å²) in [5.41, 5.74) is 1.46. The molecule has 4 heteroatoms. The van der Waals surface area contributed by atoms with E-state index in [1.165, 1.54) is 31.2 Å². The van der Waals surface area contributed by atoms with Crippen molar-refractivity contribution in [2.24, 2.45) is 5.92 Å². The number of hydrogen-bond acceptors (Lipinski definition) is 3. The highest BCUT2D eigenvalue weighted by Gasteiger charge is 2.23. The molecule has 2 rings (SSSR count). The molecule has 128 valence electrons. The summed E-state index contributed by atoms with van der Waals surface area (Å²) in [6, 6.07) is 10.8. The average Bonchev–Trinajstić information content (AvgIpc) is 2.59. The number of hydrogen-bond donors (Lipinski definition) is 2. The third kappa shape index (κ3) is 6.71. The first-order valence-corrected chi connectivity index (χ1v) is 8.81. The number of nitrogens with one attached hydrogen (secondary N) is 2. The van der Waals surface area contributed by atoms with E-state index < -0.39 is 0 Å². The summed E-state index contributed by atoms with van der Waals surface area (Å²) < 4.78 is 4.96. The van der Waals surface area contributed by atoms with Crippen molar-refractivity contribution in [1.29, 1.82) is 0 Å². The van der Waals surface area contributed by atoms with E-state index in [2.05, 4.69) is 41.0 Å². The van der Waals surface area contributed by atoms with E-state index in [0.717, 1.165) is 13.1 Å². The van der Waals surface area contributed by atoms with Gasteiger partial charge >= 0.3 is 0 Å². The number of rotatable bonds is 9. The van der Waals surface area contributed by atoms with Gasteiger partial charge in [-0.05, 0) is 43.1 Å². The molecule has 1 aliphatic carbocycles. The first-order chi connectivity index (χ1) is 11.3. The summed E-state index contributed by atoms with van der Waals surface area (Å²) in [5.74, 6) is 1.43. The average molecular weight is 318 g/mol. The zero-order chi connectivity index (χ0) is 16.3. The SMILES string of the molecule is COCCNCCNC(=O)CC1CCC(c2ccccc2)CC1. The third-order valence-corrected chi connectivity index (χ3v) is 4.70. The topological polar surface area (TPSA) is 50.4 Å². The van der Waals surface area contributed by atoms with Gasteiger partial charge in [0.05, 0.1) is 6.61 Å². The Morgan fingerprint density at radius 1 is 1.09 bits per heavy atom. The Labute approximate surface area is 140 Å². The van der Waals surface area contributed by atoms with Crippen LogP contribution < -0.4 is 10.6 Å². The van der Waals surface area contributed by atoms with Gasteiger partial charge in [-0.3, -0.25) is 4.79 Å². The predicted octanol–water partition coefficient (Wildman–Crippen LogP) is 2.70. The van der Waals surface area contributed by atoms with Gasteiger partial charge < -0.3 is 15.4 Å². The molecule has 1 aliphatic rings. The van der Waals surface area contributed by atoms with Crippen molar-refractivity contribution in [2.45, 2.75) is 38.0 Å². The molecule has 0 atom stereocenters. The highest BCUT2D eigenvalue weighted by molar-refractivity contribution is 5.76. The molecule has 1 amide bonds. The lowest BCUT2D eigenvalue weighted by molar-refractivity contribution is -0.122. The molecule has 4 nitrogen and oxygen atoms in total. The fourth-order valence-corrected chi connectivity index (χ4v) is 3.35. The predicted molar refractivity (Wildman–Crippen MR) is 93.5 cm³/mol. The van der Waals surface area contributed by atoms with E-state index >= 15 is 0 Å². The minimum absolute atomic E-state index is 0.196. The third-order valence-electron chi connectivity index (χ3n) is 4.70. The van der Waals surface area contributed by atoms with E-state index in [-0.39, 0.29) is 5.91 Å². The molecule has 23 heavy (non-hydrogen) atoms. The Morgan fingerprint density at radius 2 is 1.83 bits per heavy atom. The Kier molecular flexibility index (Phi) is 8.12. The smallest absolute Gasteiger partial charge is 0.220 e. The van der Waals surface area contributed by atoms with Crippen molar-refractivity contribution in [3.05, 3.63) is 35.9 Å². The molecule has 0 heterocycles. The summed E-state index contributed by atoms with van der Waals surface area (Å²) >= 11 is 0. The fourth-order valence-electron chi connectivity index (χ4n) is 3.35. The quantitative estimate of drug-likeness (QED) is 0.688. The van der Waals surface area contributed by atoms with Crippen LogP contribution in [0, 0.1) is 5.92 Å². The first kappa shape index (κ1) is 18.0. The maximum atomic E-state index is 12.0. The zero-order valence-electron chi connectivity index (χ0n) is 14.2. The van der Waals surface area contributed by atoms with Crippen molar-refractivity contribution in [2.75, 3.05) is 33.4 Å². The van der Waals surface area contributed by atoms with Gasteiger partial charge in [-0.25, -0.2) is 0 Å². The lowest BCUT2D eigenvalue weighted by atomic mass is 9.77. The molecular weight excluding hydrogens is 288 g/mol. The van der Waals surface area contributed by atoms with Crippen LogP contribution in [0.1, 0.15) is 43.6 Å². The van der Waals surface area contributed by atoms with Crippen LogP contribution in [-0.2, 0) is 9.53 Å². The first-order valence-electron chi connectivity index (χ1n) is 8.81. The van der Waals surface area contributed by atoms with Crippen LogP contribution in [-0.4, -0.2) is 39.3 Å². The second-order valence-corrected chi connectivity index (χ2v) is 6.43. The standard InChI is InChI=1S/C19H30N2O2/c1-23-14-13-20-11-12-21-19(22)15-16-7-9-18(10-8-16)17-5-3-2-4-6-17/h2-6,16,18,20H,7-15H2,1H3,(H,21,22). The molecule has 0 saturated heterocycles. The molecule has 0 radical (unpaired) electrons. The summed E-state index contributed by atoms with van der Waals surface area (Å²) in [6.45, 7) is 3.03. The van der Waals surface area contributed by atoms with Gasteiger partial charge in [-0.2, -0.15) is 0 Å². The van der Waals surface area contributed by atoms with E-state index in [9.17, 15) is 4.79 Å². The highest BCUT2D eigenvalue weighted by Crippen LogP contribution is 2.36. The molecule has 1 saturated carbocycles. The van der Waals surface area contributed by atoms with Gasteiger partial charge in [-0.1, -0.05) is 30.3 Å². The van der Waals surface area contributed by atoms with E-state index in [1.54, 1.807) is 7.11 Å². The largest absolute Gasteiger partial charge is 0.383 e. The Balaban J connectivity index is 1.58.